The van der Waals surface area contributed by atoms with Gasteiger partial charge in [0, 0.05) is 25.5 Å². The molecule has 3 N–H and O–H groups in total. The van der Waals surface area contributed by atoms with Crippen LogP contribution in [0.3, 0.4) is 0 Å². The molecule has 0 spiro atoms. The molecule has 0 saturated heterocycles. The van der Waals surface area contributed by atoms with Gasteiger partial charge in [0.1, 0.15) is 17.2 Å². The highest BCUT2D eigenvalue weighted by molar-refractivity contribution is 5.94. The number of aromatic nitrogens is 4. The molecule has 1 aromatic carbocycles. The van der Waals surface area contributed by atoms with E-state index < -0.39 is 34.0 Å². The van der Waals surface area contributed by atoms with Crippen molar-refractivity contribution < 1.29 is 19.1 Å². The first kappa shape index (κ1) is 25.6. The van der Waals surface area contributed by atoms with Crippen LogP contribution in [0.2, 0.25) is 0 Å². The molecule has 4 heterocycles. The van der Waals surface area contributed by atoms with Gasteiger partial charge in [0.25, 0.3) is 11.5 Å². The molecule has 38 heavy (non-hydrogen) atoms. The summed E-state index contributed by atoms with van der Waals surface area (Å²) in [4.78, 5) is 44.5. The Balaban J connectivity index is 1.49. The van der Waals surface area contributed by atoms with Crippen molar-refractivity contribution in [3.8, 4) is 5.75 Å². The van der Waals surface area contributed by atoms with Crippen molar-refractivity contribution >= 4 is 11.8 Å². The molecule has 10 nitrogen and oxygen atoms in total. The smallest absolute Gasteiger partial charge is 0.296 e. The van der Waals surface area contributed by atoms with Crippen molar-refractivity contribution in [1.82, 2.24) is 30.0 Å². The number of aromatic hydroxyl groups is 1. The number of nitrogens with zero attached hydrogens (tertiary/aromatic N) is 4. The molecule has 11 heteroatoms. The van der Waals surface area contributed by atoms with Gasteiger partial charge in [-0.2, -0.15) is 5.10 Å². The van der Waals surface area contributed by atoms with Crippen LogP contribution in [0.15, 0.2) is 41.5 Å². The average Bonchev–Trinajstić information content (AvgIpc) is 3.35. The van der Waals surface area contributed by atoms with Gasteiger partial charge < -0.3 is 15.7 Å². The molecule has 0 atom stereocenters. The van der Waals surface area contributed by atoms with Crippen molar-refractivity contribution in [2.24, 2.45) is 5.92 Å². The molecule has 3 aliphatic rings. The molecule has 2 amide bonds. The van der Waals surface area contributed by atoms with Crippen molar-refractivity contribution in [3.05, 3.63) is 75.5 Å². The molecule has 0 radical (unpaired) electrons. The molecule has 3 aromatic rings. The minimum Gasteiger partial charge on any atom is -0.501 e. The van der Waals surface area contributed by atoms with E-state index in [4.69, 9.17) is 0 Å². The molecule has 2 bridgehead atoms. The standard InChI is InChI=1S/C27H31FN6O4/c1-16-13-18(5-6-19(16)28)14-29-22(36)20-21(35)23(37)33-15-17-7-9-27(10-8-17,24(33)31-20)32-25(38)26(2,3)34-12-4-11-30-34/h4-6,11-13,17,35H,7-10,14-15H2,1-3H3,(H,29,36)(H,32,38). The Morgan fingerprint density at radius 1 is 1.26 bits per heavy atom. The highest BCUT2D eigenvalue weighted by Crippen LogP contribution is 2.43. The molecular weight excluding hydrogens is 491 g/mol. The minimum atomic E-state index is -1.02. The van der Waals surface area contributed by atoms with Gasteiger partial charge in [-0.25, -0.2) is 9.37 Å². The van der Waals surface area contributed by atoms with Crippen molar-refractivity contribution in [1.29, 1.82) is 0 Å². The Kier molecular flexibility index (Phi) is 6.32. The van der Waals surface area contributed by atoms with Crippen LogP contribution in [0.5, 0.6) is 5.75 Å². The average molecular weight is 523 g/mol. The number of carbonyl (C=O) groups is 2. The first-order valence-electron chi connectivity index (χ1n) is 12.7. The van der Waals surface area contributed by atoms with Gasteiger partial charge in [0.15, 0.2) is 5.69 Å². The molecule has 1 fully saturated rings. The van der Waals surface area contributed by atoms with Gasteiger partial charge >= 0.3 is 0 Å². The lowest BCUT2D eigenvalue weighted by atomic mass is 9.77. The summed E-state index contributed by atoms with van der Waals surface area (Å²) >= 11 is 0. The van der Waals surface area contributed by atoms with E-state index >= 15 is 0 Å². The van der Waals surface area contributed by atoms with Crippen LogP contribution in [0, 0.1) is 18.7 Å². The maximum atomic E-state index is 13.6. The maximum absolute atomic E-state index is 13.6. The van der Waals surface area contributed by atoms with E-state index in [0.717, 1.165) is 12.8 Å². The fraction of sp³-hybridized carbons (Fsp3) is 0.444. The number of hydrogen-bond donors (Lipinski definition) is 3. The van der Waals surface area contributed by atoms with Crippen LogP contribution < -0.4 is 16.2 Å². The second-order valence-corrected chi connectivity index (χ2v) is 10.8. The topological polar surface area (TPSA) is 131 Å². The number of rotatable bonds is 6. The Morgan fingerprint density at radius 2 is 2.00 bits per heavy atom. The third-order valence-corrected chi connectivity index (χ3v) is 7.85. The van der Waals surface area contributed by atoms with Gasteiger partial charge in [0.05, 0.1) is 5.54 Å². The van der Waals surface area contributed by atoms with E-state index in [1.165, 1.54) is 10.6 Å². The molecule has 2 aliphatic heterocycles. The lowest BCUT2D eigenvalue weighted by Gasteiger charge is -2.39. The van der Waals surface area contributed by atoms with Gasteiger partial charge in [-0.3, -0.25) is 23.6 Å². The highest BCUT2D eigenvalue weighted by Gasteiger charge is 2.48. The lowest BCUT2D eigenvalue weighted by molar-refractivity contribution is -0.131. The molecule has 1 saturated carbocycles. The van der Waals surface area contributed by atoms with Gasteiger partial charge in [-0.15, -0.1) is 0 Å². The van der Waals surface area contributed by atoms with Crippen LogP contribution >= 0.6 is 0 Å². The summed E-state index contributed by atoms with van der Waals surface area (Å²) in [5.41, 5.74) is -2.01. The van der Waals surface area contributed by atoms with E-state index in [-0.39, 0.29) is 30.0 Å². The largest absolute Gasteiger partial charge is 0.501 e. The summed E-state index contributed by atoms with van der Waals surface area (Å²) in [6.45, 7) is 5.54. The van der Waals surface area contributed by atoms with Crippen molar-refractivity contribution in [3.63, 3.8) is 0 Å². The minimum absolute atomic E-state index is 0.0570. The van der Waals surface area contributed by atoms with E-state index in [1.54, 1.807) is 56.0 Å². The van der Waals surface area contributed by atoms with Crippen molar-refractivity contribution in [2.45, 2.75) is 70.6 Å². The predicted octanol–water partition coefficient (Wildman–Crippen LogP) is 2.47. The second kappa shape index (κ2) is 9.38. The fourth-order valence-electron chi connectivity index (χ4n) is 5.41. The number of fused-ring (bicyclic) bond motifs is 2. The Labute approximate surface area is 218 Å². The number of hydrogen-bond acceptors (Lipinski definition) is 6. The summed E-state index contributed by atoms with van der Waals surface area (Å²) in [6, 6.07) is 6.21. The first-order valence-corrected chi connectivity index (χ1v) is 12.7. The summed E-state index contributed by atoms with van der Waals surface area (Å²) in [6.07, 6.45) is 5.93. The number of aryl methyl sites for hydroxylation is 1. The number of benzene rings is 1. The number of halogens is 1. The number of carbonyl (C=O) groups excluding carboxylic acids is 2. The van der Waals surface area contributed by atoms with E-state index in [9.17, 15) is 23.9 Å². The quantitative estimate of drug-likeness (QED) is 0.456. The zero-order chi connectivity index (χ0) is 27.2. The first-order chi connectivity index (χ1) is 18.0. The third-order valence-electron chi connectivity index (χ3n) is 7.85. The van der Waals surface area contributed by atoms with Crippen LogP contribution in [0.1, 0.15) is 67.0 Å². The van der Waals surface area contributed by atoms with E-state index in [0.29, 0.717) is 30.5 Å². The van der Waals surface area contributed by atoms with Crippen LogP contribution in [-0.2, 0) is 29.0 Å². The summed E-state index contributed by atoms with van der Waals surface area (Å²) in [5, 5.41) is 20.7. The summed E-state index contributed by atoms with van der Waals surface area (Å²) in [7, 11) is 0. The fourth-order valence-corrected chi connectivity index (χ4v) is 5.41. The van der Waals surface area contributed by atoms with Gasteiger partial charge in [-0.05, 0) is 75.6 Å². The Morgan fingerprint density at radius 3 is 2.66 bits per heavy atom. The van der Waals surface area contributed by atoms with Crippen LogP contribution in [-0.4, -0.2) is 36.3 Å². The highest BCUT2D eigenvalue weighted by atomic mass is 19.1. The molecule has 2 aromatic heterocycles. The lowest BCUT2D eigenvalue weighted by Crippen LogP contribution is -2.55. The number of amides is 2. The Bertz CT molecular complexity index is 1450. The normalized spacial score (nSPS) is 20.5. The van der Waals surface area contributed by atoms with Crippen LogP contribution in [0.4, 0.5) is 4.39 Å². The molecular formula is C27H31FN6O4. The predicted molar refractivity (Wildman–Crippen MR) is 136 cm³/mol. The maximum Gasteiger partial charge on any atom is 0.296 e. The molecule has 6 rings (SSSR count). The van der Waals surface area contributed by atoms with Crippen LogP contribution in [0.25, 0.3) is 0 Å². The van der Waals surface area contributed by atoms with E-state index in [2.05, 4.69) is 20.7 Å². The zero-order valence-corrected chi connectivity index (χ0v) is 21.6. The van der Waals surface area contributed by atoms with Crippen molar-refractivity contribution in [2.75, 3.05) is 0 Å². The molecule has 200 valence electrons. The zero-order valence-electron chi connectivity index (χ0n) is 21.6. The summed E-state index contributed by atoms with van der Waals surface area (Å²) in [5.74, 6) is -1.65. The molecule has 0 unspecified atom stereocenters. The SMILES string of the molecule is Cc1cc(CNC(=O)c2nc3n(c(=O)c2O)CC2CCC3(NC(=O)C(C)(C)n3cccn3)CC2)ccc1F. The van der Waals surface area contributed by atoms with E-state index in [1.807, 2.05) is 0 Å². The molecule has 1 aliphatic carbocycles. The Hall–Kier alpha value is -4.02. The second-order valence-electron chi connectivity index (χ2n) is 10.8. The van der Waals surface area contributed by atoms with Gasteiger partial charge in [-0.1, -0.05) is 12.1 Å². The number of nitrogens with one attached hydrogen (secondary N) is 2. The third kappa shape index (κ3) is 4.35. The summed E-state index contributed by atoms with van der Waals surface area (Å²) < 4.78 is 16.6. The monoisotopic (exact) mass is 522 g/mol. The van der Waals surface area contributed by atoms with Gasteiger partial charge in [0.2, 0.25) is 11.7 Å².